The van der Waals surface area contributed by atoms with E-state index in [0.717, 1.165) is 16.3 Å². The smallest absolute Gasteiger partial charge is 0.343 e. The van der Waals surface area contributed by atoms with Gasteiger partial charge >= 0.3 is 5.97 Å². The standard InChI is InChI=1S/C19H14O2.Cu/c20-19(21-14-13-15-7-2-1-3-8-15)18-12-6-10-16-9-4-5-11-17(16)18;/h1-14H;. The van der Waals surface area contributed by atoms with E-state index in [0.29, 0.717) is 5.56 Å². The first-order valence-corrected chi connectivity index (χ1v) is 6.75. The predicted octanol–water partition coefficient (Wildman–Crippen LogP) is 4.67. The number of esters is 1. The molecule has 0 saturated heterocycles. The Hall–Kier alpha value is -2.35. The van der Waals surface area contributed by atoms with Crippen molar-refractivity contribution in [1.29, 1.82) is 0 Å². The van der Waals surface area contributed by atoms with Gasteiger partial charge in [0.15, 0.2) is 0 Å². The number of ether oxygens (including phenoxy) is 1. The van der Waals surface area contributed by atoms with Crippen LogP contribution in [0.1, 0.15) is 15.9 Å². The molecule has 0 spiro atoms. The number of hydrogen-bond donors (Lipinski definition) is 0. The minimum atomic E-state index is -0.348. The summed E-state index contributed by atoms with van der Waals surface area (Å²) in [6.07, 6.45) is 3.20. The third kappa shape index (κ3) is 3.64. The van der Waals surface area contributed by atoms with Gasteiger partial charge in [0.05, 0.1) is 11.8 Å². The van der Waals surface area contributed by atoms with Crippen LogP contribution in [0.4, 0.5) is 0 Å². The Labute approximate surface area is 139 Å². The van der Waals surface area contributed by atoms with Gasteiger partial charge in [0, 0.05) is 17.1 Å². The van der Waals surface area contributed by atoms with Gasteiger partial charge in [-0.25, -0.2) is 4.79 Å². The predicted molar refractivity (Wildman–Crippen MR) is 84.8 cm³/mol. The average Bonchev–Trinajstić information content (AvgIpc) is 2.55. The molecule has 0 bridgehead atoms. The van der Waals surface area contributed by atoms with Crippen LogP contribution in [0.5, 0.6) is 0 Å². The fraction of sp³-hybridized carbons (Fsp3) is 0. The van der Waals surface area contributed by atoms with E-state index in [9.17, 15) is 4.79 Å². The summed E-state index contributed by atoms with van der Waals surface area (Å²) in [4.78, 5) is 12.2. The SMILES string of the molecule is O=C(OC=Cc1ccccc1)c1cccc2ccccc12.[Cu]. The molecule has 0 aliphatic heterocycles. The van der Waals surface area contributed by atoms with Crippen LogP contribution in [0, 0.1) is 0 Å². The molecular weight excluding hydrogens is 324 g/mol. The van der Waals surface area contributed by atoms with Crippen molar-refractivity contribution in [3.8, 4) is 0 Å². The van der Waals surface area contributed by atoms with E-state index in [1.807, 2.05) is 66.7 Å². The zero-order chi connectivity index (χ0) is 14.5. The van der Waals surface area contributed by atoms with Crippen LogP contribution in [-0.4, -0.2) is 5.97 Å². The molecule has 0 N–H and O–H groups in total. The average molecular weight is 338 g/mol. The van der Waals surface area contributed by atoms with Crippen molar-refractivity contribution in [1.82, 2.24) is 0 Å². The molecule has 2 nitrogen and oxygen atoms in total. The molecule has 0 unspecified atom stereocenters. The maximum atomic E-state index is 12.2. The van der Waals surface area contributed by atoms with E-state index in [4.69, 9.17) is 4.74 Å². The Kier molecular flexibility index (Phi) is 5.54. The summed E-state index contributed by atoms with van der Waals surface area (Å²) in [5, 5.41) is 1.93. The van der Waals surface area contributed by atoms with Gasteiger partial charge in [0.2, 0.25) is 0 Å². The molecular formula is C19H14CuO2. The molecule has 22 heavy (non-hydrogen) atoms. The molecule has 3 aromatic carbocycles. The van der Waals surface area contributed by atoms with Gasteiger partial charge in [-0.2, -0.15) is 0 Å². The van der Waals surface area contributed by atoms with Crippen LogP contribution in [0.15, 0.2) is 79.1 Å². The van der Waals surface area contributed by atoms with Crippen LogP contribution >= 0.6 is 0 Å². The molecule has 0 heterocycles. The second-order valence-electron chi connectivity index (χ2n) is 4.65. The van der Waals surface area contributed by atoms with Crippen LogP contribution in [0.25, 0.3) is 16.8 Å². The first-order valence-electron chi connectivity index (χ1n) is 6.75. The van der Waals surface area contributed by atoms with Crippen molar-refractivity contribution >= 4 is 22.8 Å². The summed E-state index contributed by atoms with van der Waals surface area (Å²) in [7, 11) is 0. The fourth-order valence-electron chi connectivity index (χ4n) is 2.21. The van der Waals surface area contributed by atoms with E-state index >= 15 is 0 Å². The van der Waals surface area contributed by atoms with Crippen LogP contribution in [-0.2, 0) is 21.8 Å². The van der Waals surface area contributed by atoms with Crippen molar-refractivity contribution in [2.24, 2.45) is 0 Å². The van der Waals surface area contributed by atoms with Gasteiger partial charge in [-0.15, -0.1) is 0 Å². The summed E-state index contributed by atoms with van der Waals surface area (Å²) in [5.41, 5.74) is 1.56. The Balaban J connectivity index is 0.00000176. The normalized spacial score (nSPS) is 10.4. The van der Waals surface area contributed by atoms with Crippen LogP contribution in [0.3, 0.4) is 0 Å². The van der Waals surface area contributed by atoms with Gasteiger partial charge in [0.1, 0.15) is 0 Å². The van der Waals surface area contributed by atoms with E-state index in [1.165, 1.54) is 6.26 Å². The minimum Gasteiger partial charge on any atom is -0.431 e. The monoisotopic (exact) mass is 337 g/mol. The molecule has 0 aliphatic carbocycles. The van der Waals surface area contributed by atoms with Crippen molar-refractivity contribution in [2.45, 2.75) is 0 Å². The van der Waals surface area contributed by atoms with Gasteiger partial charge in [-0.3, -0.25) is 0 Å². The molecule has 3 heteroatoms. The summed E-state index contributed by atoms with van der Waals surface area (Å²) in [6.45, 7) is 0. The van der Waals surface area contributed by atoms with Crippen LogP contribution in [0.2, 0.25) is 0 Å². The molecule has 0 saturated carbocycles. The quantitative estimate of drug-likeness (QED) is 0.394. The number of rotatable bonds is 3. The van der Waals surface area contributed by atoms with E-state index in [-0.39, 0.29) is 23.0 Å². The zero-order valence-electron chi connectivity index (χ0n) is 11.7. The maximum absolute atomic E-state index is 12.2. The van der Waals surface area contributed by atoms with Gasteiger partial charge in [0.25, 0.3) is 0 Å². The Bertz CT molecular complexity index is 789. The molecule has 3 aromatic rings. The summed E-state index contributed by atoms with van der Waals surface area (Å²) in [5.74, 6) is -0.348. The first-order chi connectivity index (χ1) is 10.3. The number of hydrogen-bond acceptors (Lipinski definition) is 2. The third-order valence-corrected chi connectivity index (χ3v) is 3.24. The maximum Gasteiger partial charge on any atom is 0.343 e. The Morgan fingerprint density at radius 3 is 2.32 bits per heavy atom. The van der Waals surface area contributed by atoms with Gasteiger partial charge in [-0.1, -0.05) is 66.7 Å². The molecule has 1 radical (unpaired) electrons. The number of fused-ring (bicyclic) bond motifs is 1. The molecule has 0 aromatic heterocycles. The second-order valence-corrected chi connectivity index (χ2v) is 4.65. The van der Waals surface area contributed by atoms with Crippen molar-refractivity contribution in [3.05, 3.63) is 90.2 Å². The number of carbonyl (C=O) groups is 1. The van der Waals surface area contributed by atoms with E-state index < -0.39 is 0 Å². The molecule has 0 atom stereocenters. The second kappa shape index (κ2) is 7.60. The largest absolute Gasteiger partial charge is 0.431 e. The van der Waals surface area contributed by atoms with E-state index in [2.05, 4.69) is 0 Å². The summed E-state index contributed by atoms with van der Waals surface area (Å²) in [6, 6.07) is 23.1. The fourth-order valence-corrected chi connectivity index (χ4v) is 2.21. The summed E-state index contributed by atoms with van der Waals surface area (Å²) < 4.78 is 5.22. The van der Waals surface area contributed by atoms with E-state index in [1.54, 1.807) is 12.1 Å². The Morgan fingerprint density at radius 2 is 1.50 bits per heavy atom. The molecule has 3 rings (SSSR count). The minimum absolute atomic E-state index is 0. The topological polar surface area (TPSA) is 26.3 Å². The van der Waals surface area contributed by atoms with Crippen molar-refractivity contribution in [2.75, 3.05) is 0 Å². The van der Waals surface area contributed by atoms with Crippen molar-refractivity contribution in [3.63, 3.8) is 0 Å². The summed E-state index contributed by atoms with van der Waals surface area (Å²) >= 11 is 0. The van der Waals surface area contributed by atoms with Crippen LogP contribution < -0.4 is 0 Å². The first kappa shape index (κ1) is 16.0. The van der Waals surface area contributed by atoms with Crippen molar-refractivity contribution < 1.29 is 26.6 Å². The zero-order valence-corrected chi connectivity index (χ0v) is 12.6. The number of carbonyl (C=O) groups excluding carboxylic acids is 1. The third-order valence-electron chi connectivity index (χ3n) is 3.24. The molecule has 0 fully saturated rings. The van der Waals surface area contributed by atoms with Gasteiger partial charge in [-0.05, 0) is 28.5 Å². The Morgan fingerprint density at radius 1 is 0.818 bits per heavy atom. The van der Waals surface area contributed by atoms with Gasteiger partial charge < -0.3 is 4.74 Å². The molecule has 0 aliphatic rings. The molecule has 113 valence electrons. The number of benzene rings is 3. The molecule has 0 amide bonds.